The molecule has 0 aliphatic carbocycles. The summed E-state index contributed by atoms with van der Waals surface area (Å²) in [6.07, 6.45) is -4.32. The molecule has 3 N–H and O–H groups in total. The van der Waals surface area contributed by atoms with Gasteiger partial charge in [-0.25, -0.2) is 4.98 Å². The summed E-state index contributed by atoms with van der Waals surface area (Å²) in [4.78, 5) is 5.11. The van der Waals surface area contributed by atoms with Crippen molar-refractivity contribution in [2.75, 3.05) is 18.0 Å². The van der Waals surface area contributed by atoms with Gasteiger partial charge in [-0.2, -0.15) is 13.2 Å². The number of alkyl halides is 3. The van der Waals surface area contributed by atoms with Gasteiger partial charge in [-0.15, -0.1) is 0 Å². The molecule has 1 aromatic rings. The number of oxime groups is 1. The standard InChI is InChI=1S/C11H15F3N4O/c1-3-18(6-11(12,13)14)9-5-8(10(15)17-19)4-7(2)16-9/h4-5,19H,3,6H2,1-2H3,(H2,15,17). The second-order valence-electron chi connectivity index (χ2n) is 3.97. The number of halogens is 3. The Morgan fingerprint density at radius 1 is 1.47 bits per heavy atom. The third-order valence-electron chi connectivity index (χ3n) is 2.42. The van der Waals surface area contributed by atoms with Crippen LogP contribution in [0, 0.1) is 6.92 Å². The molecule has 0 bridgehead atoms. The van der Waals surface area contributed by atoms with Gasteiger partial charge in [0.1, 0.15) is 12.4 Å². The van der Waals surface area contributed by atoms with Gasteiger partial charge in [0, 0.05) is 17.8 Å². The van der Waals surface area contributed by atoms with Crippen molar-refractivity contribution in [1.82, 2.24) is 4.98 Å². The number of amidine groups is 1. The van der Waals surface area contributed by atoms with Crippen LogP contribution < -0.4 is 10.6 Å². The molecule has 0 spiro atoms. The van der Waals surface area contributed by atoms with E-state index in [0.717, 1.165) is 4.90 Å². The fourth-order valence-electron chi connectivity index (χ4n) is 1.59. The smallest absolute Gasteiger partial charge is 0.405 e. The molecule has 0 fully saturated rings. The maximum absolute atomic E-state index is 12.4. The van der Waals surface area contributed by atoms with Crippen LogP contribution in [0.5, 0.6) is 0 Å². The van der Waals surface area contributed by atoms with Crippen molar-refractivity contribution in [3.05, 3.63) is 23.4 Å². The molecule has 0 saturated carbocycles. The van der Waals surface area contributed by atoms with Gasteiger partial charge in [0.05, 0.1) is 0 Å². The number of hydrogen-bond acceptors (Lipinski definition) is 4. The molecule has 0 aliphatic heterocycles. The average Bonchev–Trinajstić information content (AvgIpc) is 2.33. The normalized spacial score (nSPS) is 12.6. The van der Waals surface area contributed by atoms with Crippen molar-refractivity contribution in [3.63, 3.8) is 0 Å². The summed E-state index contributed by atoms with van der Waals surface area (Å²) < 4.78 is 37.3. The third kappa shape index (κ3) is 4.31. The quantitative estimate of drug-likeness (QED) is 0.381. The van der Waals surface area contributed by atoms with Crippen LogP contribution in [-0.2, 0) is 0 Å². The molecule has 0 amide bonds. The molecule has 1 heterocycles. The van der Waals surface area contributed by atoms with Gasteiger partial charge < -0.3 is 15.8 Å². The minimum atomic E-state index is -4.32. The molecule has 5 nitrogen and oxygen atoms in total. The zero-order chi connectivity index (χ0) is 14.6. The highest BCUT2D eigenvalue weighted by atomic mass is 19.4. The maximum atomic E-state index is 12.4. The monoisotopic (exact) mass is 276 g/mol. The molecule has 0 aromatic carbocycles. The average molecular weight is 276 g/mol. The Balaban J connectivity index is 3.14. The lowest BCUT2D eigenvalue weighted by Gasteiger charge is -2.24. The van der Waals surface area contributed by atoms with Crippen LogP contribution in [0.1, 0.15) is 18.2 Å². The second-order valence-corrected chi connectivity index (χ2v) is 3.97. The summed E-state index contributed by atoms with van der Waals surface area (Å²) in [5, 5.41) is 11.4. The largest absolute Gasteiger partial charge is 0.409 e. The minimum absolute atomic E-state index is 0.140. The topological polar surface area (TPSA) is 74.7 Å². The highest BCUT2D eigenvalue weighted by molar-refractivity contribution is 5.97. The molecule has 0 atom stereocenters. The number of hydrogen-bond donors (Lipinski definition) is 2. The molecule has 1 rings (SSSR count). The summed E-state index contributed by atoms with van der Waals surface area (Å²) >= 11 is 0. The van der Waals surface area contributed by atoms with Crippen LogP contribution >= 0.6 is 0 Å². The van der Waals surface area contributed by atoms with Gasteiger partial charge in [-0.05, 0) is 26.0 Å². The van der Waals surface area contributed by atoms with E-state index in [2.05, 4.69) is 10.1 Å². The van der Waals surface area contributed by atoms with Crippen LogP contribution in [0.25, 0.3) is 0 Å². The predicted molar refractivity (Wildman–Crippen MR) is 65.4 cm³/mol. The van der Waals surface area contributed by atoms with Crippen LogP contribution in [-0.4, -0.2) is 35.3 Å². The molecule has 0 unspecified atom stereocenters. The number of anilines is 1. The van der Waals surface area contributed by atoms with E-state index in [-0.39, 0.29) is 18.2 Å². The Labute approximate surface area is 108 Å². The van der Waals surface area contributed by atoms with E-state index in [1.165, 1.54) is 12.1 Å². The van der Waals surface area contributed by atoms with Gasteiger partial charge in [-0.3, -0.25) is 0 Å². The Hall–Kier alpha value is -1.99. The van der Waals surface area contributed by atoms with Gasteiger partial charge in [0.2, 0.25) is 0 Å². The highest BCUT2D eigenvalue weighted by Gasteiger charge is 2.31. The van der Waals surface area contributed by atoms with E-state index in [1.54, 1.807) is 13.8 Å². The van der Waals surface area contributed by atoms with Crippen molar-refractivity contribution in [1.29, 1.82) is 0 Å². The molecule has 19 heavy (non-hydrogen) atoms. The van der Waals surface area contributed by atoms with Crippen LogP contribution in [0.4, 0.5) is 19.0 Å². The SMILES string of the molecule is CCN(CC(F)(F)F)c1cc(/C(N)=N/O)cc(C)n1. The Bertz CT molecular complexity index is 473. The first-order valence-corrected chi connectivity index (χ1v) is 5.55. The fourth-order valence-corrected chi connectivity index (χ4v) is 1.59. The van der Waals surface area contributed by atoms with E-state index in [1.807, 2.05) is 0 Å². The number of nitrogens with two attached hydrogens (primary N) is 1. The summed E-state index contributed by atoms with van der Waals surface area (Å²) in [6, 6.07) is 2.89. The zero-order valence-electron chi connectivity index (χ0n) is 10.6. The number of aryl methyl sites for hydroxylation is 1. The lowest BCUT2D eigenvalue weighted by molar-refractivity contribution is -0.119. The van der Waals surface area contributed by atoms with Gasteiger partial charge in [0.25, 0.3) is 0 Å². The highest BCUT2D eigenvalue weighted by Crippen LogP contribution is 2.21. The van der Waals surface area contributed by atoms with Crippen LogP contribution in [0.2, 0.25) is 0 Å². The minimum Gasteiger partial charge on any atom is -0.409 e. The summed E-state index contributed by atoms with van der Waals surface area (Å²) in [7, 11) is 0. The zero-order valence-corrected chi connectivity index (χ0v) is 10.6. The molecule has 8 heteroatoms. The van der Waals surface area contributed by atoms with Gasteiger partial charge in [-0.1, -0.05) is 5.16 Å². The molecule has 0 saturated heterocycles. The number of rotatable bonds is 4. The van der Waals surface area contributed by atoms with Crippen molar-refractivity contribution in [3.8, 4) is 0 Å². The van der Waals surface area contributed by atoms with Gasteiger partial charge >= 0.3 is 6.18 Å². The van der Waals surface area contributed by atoms with Crippen molar-refractivity contribution < 1.29 is 18.4 Å². The number of aromatic nitrogens is 1. The van der Waals surface area contributed by atoms with E-state index in [0.29, 0.717) is 11.3 Å². The van der Waals surface area contributed by atoms with E-state index in [9.17, 15) is 13.2 Å². The molecule has 0 aliphatic rings. The third-order valence-corrected chi connectivity index (χ3v) is 2.42. The van der Waals surface area contributed by atoms with E-state index >= 15 is 0 Å². The molecular weight excluding hydrogens is 261 g/mol. The lowest BCUT2D eigenvalue weighted by atomic mass is 10.2. The van der Waals surface area contributed by atoms with Crippen LogP contribution in [0.15, 0.2) is 17.3 Å². The molecular formula is C11H15F3N4O. The maximum Gasteiger partial charge on any atom is 0.405 e. The Kier molecular flexibility index (Phi) is 4.57. The van der Waals surface area contributed by atoms with E-state index in [4.69, 9.17) is 10.9 Å². The summed E-state index contributed by atoms with van der Waals surface area (Å²) in [5.41, 5.74) is 6.24. The fraction of sp³-hybridized carbons (Fsp3) is 0.455. The first-order chi connectivity index (χ1) is 8.76. The van der Waals surface area contributed by atoms with Crippen LogP contribution in [0.3, 0.4) is 0 Å². The number of pyridine rings is 1. The van der Waals surface area contributed by atoms with Crippen molar-refractivity contribution in [2.24, 2.45) is 10.9 Å². The second kappa shape index (κ2) is 5.77. The van der Waals surface area contributed by atoms with Gasteiger partial charge in [0.15, 0.2) is 5.84 Å². The lowest BCUT2D eigenvalue weighted by Crippen LogP contribution is -2.35. The Morgan fingerprint density at radius 3 is 2.58 bits per heavy atom. The number of nitrogens with zero attached hydrogens (tertiary/aromatic N) is 3. The first kappa shape index (κ1) is 15.1. The molecule has 106 valence electrons. The Morgan fingerprint density at radius 2 is 2.11 bits per heavy atom. The summed E-state index contributed by atoms with van der Waals surface area (Å²) in [5.74, 6) is -0.0313. The molecule has 1 aromatic heterocycles. The predicted octanol–water partition coefficient (Wildman–Crippen LogP) is 1.87. The van der Waals surface area contributed by atoms with Crippen molar-refractivity contribution >= 4 is 11.7 Å². The first-order valence-electron chi connectivity index (χ1n) is 5.55. The van der Waals surface area contributed by atoms with E-state index < -0.39 is 12.7 Å². The van der Waals surface area contributed by atoms with Crippen molar-refractivity contribution in [2.45, 2.75) is 20.0 Å². The summed E-state index contributed by atoms with van der Waals surface area (Å²) in [6.45, 7) is 2.26. The molecule has 0 radical (unpaired) electrons.